The zero-order valence-electron chi connectivity index (χ0n) is 10.4. The van der Waals surface area contributed by atoms with Crippen LogP contribution in [-0.2, 0) is 4.79 Å². The molecule has 3 unspecified atom stereocenters. The van der Waals surface area contributed by atoms with E-state index in [4.69, 9.17) is 18.0 Å². The maximum Gasteiger partial charge on any atom is 0.225 e. The van der Waals surface area contributed by atoms with E-state index in [1.165, 1.54) is 12.8 Å². The van der Waals surface area contributed by atoms with Gasteiger partial charge < -0.3 is 10.6 Å². The number of rotatable bonds is 4. The fourth-order valence-corrected chi connectivity index (χ4v) is 2.66. The lowest BCUT2D eigenvalue weighted by molar-refractivity contribution is -0.136. The zero-order chi connectivity index (χ0) is 12.3. The molecule has 0 heterocycles. The lowest BCUT2D eigenvalue weighted by Crippen LogP contribution is -2.41. The number of thiocarbonyl (C=S) groups is 1. The second-order valence-corrected chi connectivity index (χ2v) is 5.51. The Hall–Kier alpha value is -0.640. The average Bonchev–Trinajstić information content (AvgIpc) is 2.61. The summed E-state index contributed by atoms with van der Waals surface area (Å²) in [6.07, 6.45) is 3.99. The van der Waals surface area contributed by atoms with Crippen LogP contribution < -0.4 is 5.73 Å². The second-order valence-electron chi connectivity index (χ2n) is 4.98. The van der Waals surface area contributed by atoms with Crippen LogP contribution in [0.2, 0.25) is 0 Å². The first-order chi connectivity index (χ1) is 7.43. The molecule has 1 saturated carbocycles. The first-order valence-electron chi connectivity index (χ1n) is 5.98. The molecule has 0 aromatic carbocycles. The van der Waals surface area contributed by atoms with Crippen LogP contribution in [0.15, 0.2) is 0 Å². The van der Waals surface area contributed by atoms with E-state index in [1.807, 2.05) is 18.9 Å². The van der Waals surface area contributed by atoms with Gasteiger partial charge >= 0.3 is 0 Å². The summed E-state index contributed by atoms with van der Waals surface area (Å²) in [5.74, 6) is 0.986. The van der Waals surface area contributed by atoms with Gasteiger partial charge in [0.2, 0.25) is 5.91 Å². The first kappa shape index (κ1) is 13.4. The molecule has 2 N–H and O–H groups in total. The molecule has 1 fully saturated rings. The molecular weight excluding hydrogens is 220 g/mol. The van der Waals surface area contributed by atoms with Crippen LogP contribution in [0.25, 0.3) is 0 Å². The monoisotopic (exact) mass is 242 g/mol. The van der Waals surface area contributed by atoms with Crippen LogP contribution in [0.1, 0.15) is 39.5 Å². The van der Waals surface area contributed by atoms with Gasteiger partial charge in [0.15, 0.2) is 0 Å². The Morgan fingerprint density at radius 2 is 2.19 bits per heavy atom. The quantitative estimate of drug-likeness (QED) is 0.766. The third-order valence-electron chi connectivity index (χ3n) is 3.68. The molecule has 0 radical (unpaired) electrons. The van der Waals surface area contributed by atoms with Crippen molar-refractivity contribution in [1.82, 2.24) is 4.90 Å². The van der Waals surface area contributed by atoms with Crippen molar-refractivity contribution in [2.75, 3.05) is 7.05 Å². The van der Waals surface area contributed by atoms with E-state index in [1.54, 1.807) is 0 Å². The Kier molecular flexibility index (Phi) is 4.71. The van der Waals surface area contributed by atoms with Crippen LogP contribution in [0.3, 0.4) is 0 Å². The van der Waals surface area contributed by atoms with Crippen molar-refractivity contribution in [3.05, 3.63) is 0 Å². The molecule has 16 heavy (non-hydrogen) atoms. The Morgan fingerprint density at radius 3 is 2.62 bits per heavy atom. The topological polar surface area (TPSA) is 46.3 Å². The van der Waals surface area contributed by atoms with Gasteiger partial charge in [-0.3, -0.25) is 4.79 Å². The number of carbonyl (C=O) groups excluding carboxylic acids is 1. The van der Waals surface area contributed by atoms with Crippen molar-refractivity contribution in [3.8, 4) is 0 Å². The third-order valence-corrected chi connectivity index (χ3v) is 3.85. The molecule has 1 rings (SSSR count). The summed E-state index contributed by atoms with van der Waals surface area (Å²) in [6, 6.07) is 0.109. The first-order valence-corrected chi connectivity index (χ1v) is 6.39. The number of hydrogen-bond donors (Lipinski definition) is 1. The van der Waals surface area contributed by atoms with Crippen molar-refractivity contribution in [1.29, 1.82) is 0 Å². The number of carbonyl (C=O) groups is 1. The number of hydrogen-bond acceptors (Lipinski definition) is 2. The van der Waals surface area contributed by atoms with Crippen LogP contribution in [0, 0.1) is 11.8 Å². The highest BCUT2D eigenvalue weighted by atomic mass is 32.1. The molecule has 3 atom stereocenters. The fraction of sp³-hybridized carbons (Fsp3) is 0.833. The molecule has 0 saturated heterocycles. The minimum atomic E-state index is 0.109. The molecular formula is C12H22N2OS. The van der Waals surface area contributed by atoms with E-state index in [0.29, 0.717) is 17.3 Å². The molecule has 92 valence electrons. The van der Waals surface area contributed by atoms with Gasteiger partial charge in [-0.15, -0.1) is 0 Å². The largest absolute Gasteiger partial charge is 0.393 e. The van der Waals surface area contributed by atoms with E-state index >= 15 is 0 Å². The standard InChI is InChI=1S/C12H22N2OS/c1-8-5-4-6-10(8)12(15)14(3)9(2)7-11(13)16/h8-10H,4-7H2,1-3H3,(H2,13,16). The molecule has 0 spiro atoms. The highest BCUT2D eigenvalue weighted by molar-refractivity contribution is 7.80. The molecule has 1 amide bonds. The maximum absolute atomic E-state index is 12.2. The summed E-state index contributed by atoms with van der Waals surface area (Å²) >= 11 is 4.88. The smallest absolute Gasteiger partial charge is 0.225 e. The Morgan fingerprint density at radius 1 is 1.56 bits per heavy atom. The Balaban J connectivity index is 2.55. The van der Waals surface area contributed by atoms with E-state index in [0.717, 1.165) is 6.42 Å². The van der Waals surface area contributed by atoms with Crippen LogP contribution in [0.5, 0.6) is 0 Å². The van der Waals surface area contributed by atoms with Crippen LogP contribution >= 0.6 is 12.2 Å². The van der Waals surface area contributed by atoms with Crippen molar-refractivity contribution < 1.29 is 4.79 Å². The predicted octanol–water partition coefficient (Wildman–Crippen LogP) is 1.95. The van der Waals surface area contributed by atoms with Gasteiger partial charge in [-0.2, -0.15) is 0 Å². The van der Waals surface area contributed by atoms with Gasteiger partial charge in [0.1, 0.15) is 0 Å². The number of nitrogens with zero attached hydrogens (tertiary/aromatic N) is 1. The summed E-state index contributed by atoms with van der Waals surface area (Å²) in [6.45, 7) is 4.16. The molecule has 4 heteroatoms. The van der Waals surface area contributed by atoms with Gasteiger partial charge in [-0.05, 0) is 25.7 Å². The SMILES string of the molecule is CC1CCCC1C(=O)N(C)C(C)CC(N)=S. The van der Waals surface area contributed by atoms with Gasteiger partial charge in [-0.1, -0.05) is 25.6 Å². The predicted molar refractivity (Wildman–Crippen MR) is 70.1 cm³/mol. The second kappa shape index (κ2) is 5.62. The molecule has 0 aliphatic heterocycles. The lowest BCUT2D eigenvalue weighted by atomic mass is 9.96. The van der Waals surface area contributed by atoms with E-state index < -0.39 is 0 Å². The van der Waals surface area contributed by atoms with E-state index in [-0.39, 0.29) is 17.9 Å². The molecule has 0 bridgehead atoms. The Labute approximate surface area is 103 Å². The molecule has 1 aliphatic carbocycles. The molecule has 3 nitrogen and oxygen atoms in total. The normalized spacial score (nSPS) is 26.4. The van der Waals surface area contributed by atoms with Gasteiger partial charge in [0, 0.05) is 25.4 Å². The summed E-state index contributed by atoms with van der Waals surface area (Å²) in [5, 5.41) is 0. The summed E-state index contributed by atoms with van der Waals surface area (Å²) in [4.78, 5) is 14.5. The van der Waals surface area contributed by atoms with Crippen LogP contribution in [-0.4, -0.2) is 28.9 Å². The highest BCUT2D eigenvalue weighted by Gasteiger charge is 2.32. The van der Waals surface area contributed by atoms with Crippen LogP contribution in [0.4, 0.5) is 0 Å². The lowest BCUT2D eigenvalue weighted by Gasteiger charge is -2.28. The van der Waals surface area contributed by atoms with Gasteiger partial charge in [0.25, 0.3) is 0 Å². The average molecular weight is 242 g/mol. The number of nitrogens with two attached hydrogens (primary N) is 1. The van der Waals surface area contributed by atoms with Gasteiger partial charge in [0.05, 0.1) is 4.99 Å². The fourth-order valence-electron chi connectivity index (χ4n) is 2.42. The summed E-state index contributed by atoms with van der Waals surface area (Å²) in [5.41, 5.74) is 5.51. The third kappa shape index (κ3) is 3.17. The van der Waals surface area contributed by atoms with Crippen molar-refractivity contribution in [2.24, 2.45) is 17.6 Å². The van der Waals surface area contributed by atoms with Crippen molar-refractivity contribution in [2.45, 2.75) is 45.6 Å². The summed E-state index contributed by atoms with van der Waals surface area (Å²) in [7, 11) is 1.86. The number of amides is 1. The van der Waals surface area contributed by atoms with Crippen molar-refractivity contribution >= 4 is 23.1 Å². The van der Waals surface area contributed by atoms with Gasteiger partial charge in [-0.25, -0.2) is 0 Å². The maximum atomic E-state index is 12.2. The van der Waals surface area contributed by atoms with Crippen molar-refractivity contribution in [3.63, 3.8) is 0 Å². The highest BCUT2D eigenvalue weighted by Crippen LogP contribution is 2.32. The molecule has 0 aromatic heterocycles. The Bertz CT molecular complexity index is 280. The molecule has 1 aliphatic rings. The zero-order valence-corrected chi connectivity index (χ0v) is 11.2. The minimum absolute atomic E-state index is 0.109. The van der Waals surface area contributed by atoms with E-state index in [2.05, 4.69) is 6.92 Å². The summed E-state index contributed by atoms with van der Waals surface area (Å²) < 4.78 is 0. The minimum Gasteiger partial charge on any atom is -0.393 e. The molecule has 0 aromatic rings. The van der Waals surface area contributed by atoms with E-state index in [9.17, 15) is 4.79 Å².